The zero-order chi connectivity index (χ0) is 20.6. The van der Waals surface area contributed by atoms with Gasteiger partial charge in [0.15, 0.2) is 0 Å². The summed E-state index contributed by atoms with van der Waals surface area (Å²) in [6.07, 6.45) is 3.59. The van der Waals surface area contributed by atoms with E-state index in [1.807, 2.05) is 55.5 Å². The molecule has 0 saturated carbocycles. The third kappa shape index (κ3) is 5.65. The molecule has 148 valence electrons. The predicted octanol–water partition coefficient (Wildman–Crippen LogP) is 3.62. The normalized spacial score (nSPS) is 10.3. The minimum absolute atomic E-state index is 0.267. The number of methoxy groups -OCH3 is 1. The molecule has 0 atom stereocenters. The zero-order valence-electron chi connectivity index (χ0n) is 16.4. The Kier molecular flexibility index (Phi) is 6.58. The van der Waals surface area contributed by atoms with Crippen molar-refractivity contribution >= 4 is 17.5 Å². The lowest BCUT2D eigenvalue weighted by Crippen LogP contribution is -2.26. The average molecular weight is 389 g/mol. The number of anilines is 1. The Balaban J connectivity index is 1.57. The maximum atomic E-state index is 12.5. The van der Waals surface area contributed by atoms with Crippen LogP contribution in [0.5, 0.6) is 5.75 Å². The Morgan fingerprint density at radius 1 is 0.966 bits per heavy atom. The van der Waals surface area contributed by atoms with Crippen molar-refractivity contribution in [1.29, 1.82) is 0 Å². The molecule has 0 aliphatic heterocycles. The smallest absolute Gasteiger partial charge is 0.257 e. The van der Waals surface area contributed by atoms with Crippen LogP contribution in [0.25, 0.3) is 0 Å². The van der Waals surface area contributed by atoms with Crippen molar-refractivity contribution in [3.63, 3.8) is 0 Å². The first kappa shape index (κ1) is 20.1. The standard InChI is InChI=1S/C23H23N3O3/c1-16-4-3-5-20(12-16)26-23(28)19-13-18(14-24-15-19)22(27)25-11-10-17-6-8-21(29-2)9-7-17/h3-9,12-15H,10-11H2,1-2H3,(H,25,27)(H,26,28). The number of carbonyl (C=O) groups is 2. The first-order chi connectivity index (χ1) is 14.0. The SMILES string of the molecule is COc1ccc(CCNC(=O)c2cncc(C(=O)Nc3cccc(C)c3)c2)cc1. The van der Waals surface area contributed by atoms with Gasteiger partial charge in [0, 0.05) is 24.6 Å². The summed E-state index contributed by atoms with van der Waals surface area (Å²) >= 11 is 0. The van der Waals surface area contributed by atoms with Crippen LogP contribution in [0.3, 0.4) is 0 Å². The van der Waals surface area contributed by atoms with Crippen LogP contribution in [0, 0.1) is 6.92 Å². The van der Waals surface area contributed by atoms with Crippen molar-refractivity contribution in [1.82, 2.24) is 10.3 Å². The largest absolute Gasteiger partial charge is 0.497 e. The second-order valence-electron chi connectivity index (χ2n) is 6.64. The molecule has 1 aromatic heterocycles. The summed E-state index contributed by atoms with van der Waals surface area (Å²) in [5, 5.41) is 5.68. The molecule has 0 fully saturated rings. The van der Waals surface area contributed by atoms with Gasteiger partial charge >= 0.3 is 0 Å². The fourth-order valence-corrected chi connectivity index (χ4v) is 2.83. The number of nitrogens with zero attached hydrogens (tertiary/aromatic N) is 1. The Morgan fingerprint density at radius 3 is 2.38 bits per heavy atom. The number of amides is 2. The van der Waals surface area contributed by atoms with E-state index in [2.05, 4.69) is 15.6 Å². The summed E-state index contributed by atoms with van der Waals surface area (Å²) in [6.45, 7) is 2.43. The monoisotopic (exact) mass is 389 g/mol. The highest BCUT2D eigenvalue weighted by molar-refractivity contribution is 6.05. The average Bonchev–Trinajstić information content (AvgIpc) is 2.74. The molecule has 0 aliphatic rings. The van der Waals surface area contributed by atoms with Gasteiger partial charge in [-0.25, -0.2) is 0 Å². The predicted molar refractivity (Wildman–Crippen MR) is 112 cm³/mol. The fraction of sp³-hybridized carbons (Fsp3) is 0.174. The van der Waals surface area contributed by atoms with E-state index in [0.717, 1.165) is 16.9 Å². The summed E-state index contributed by atoms with van der Waals surface area (Å²) in [5.74, 6) is 0.219. The van der Waals surface area contributed by atoms with Crippen molar-refractivity contribution < 1.29 is 14.3 Å². The van der Waals surface area contributed by atoms with Crippen LogP contribution in [-0.2, 0) is 6.42 Å². The molecule has 0 aliphatic carbocycles. The molecule has 2 N–H and O–H groups in total. The molecule has 6 nitrogen and oxygen atoms in total. The highest BCUT2D eigenvalue weighted by Gasteiger charge is 2.11. The molecule has 0 saturated heterocycles. The van der Waals surface area contributed by atoms with Gasteiger partial charge in [-0.05, 0) is 54.8 Å². The van der Waals surface area contributed by atoms with E-state index in [-0.39, 0.29) is 11.8 Å². The molecule has 0 bridgehead atoms. The Bertz CT molecular complexity index is 1000. The van der Waals surface area contributed by atoms with Gasteiger partial charge in [0.1, 0.15) is 5.75 Å². The molecule has 3 aromatic rings. The molecule has 1 heterocycles. The van der Waals surface area contributed by atoms with Crippen molar-refractivity contribution in [2.75, 3.05) is 19.0 Å². The van der Waals surface area contributed by atoms with Crippen molar-refractivity contribution in [2.24, 2.45) is 0 Å². The van der Waals surface area contributed by atoms with Crippen molar-refractivity contribution in [3.05, 3.63) is 89.2 Å². The van der Waals surface area contributed by atoms with Crippen LogP contribution < -0.4 is 15.4 Å². The van der Waals surface area contributed by atoms with Crippen LogP contribution in [0.4, 0.5) is 5.69 Å². The molecule has 0 unspecified atom stereocenters. The summed E-state index contributed by atoms with van der Waals surface area (Å²) in [7, 11) is 1.62. The summed E-state index contributed by atoms with van der Waals surface area (Å²) < 4.78 is 5.13. The molecule has 2 aromatic carbocycles. The van der Waals surface area contributed by atoms with E-state index in [9.17, 15) is 9.59 Å². The lowest BCUT2D eigenvalue weighted by molar-refractivity contribution is 0.0953. The molecule has 2 amide bonds. The minimum atomic E-state index is -0.309. The van der Waals surface area contributed by atoms with E-state index in [0.29, 0.717) is 29.8 Å². The van der Waals surface area contributed by atoms with E-state index < -0.39 is 0 Å². The van der Waals surface area contributed by atoms with Gasteiger partial charge in [-0.15, -0.1) is 0 Å². The molecule has 3 rings (SSSR count). The summed E-state index contributed by atoms with van der Waals surface area (Å²) in [4.78, 5) is 28.9. The minimum Gasteiger partial charge on any atom is -0.497 e. The fourth-order valence-electron chi connectivity index (χ4n) is 2.83. The highest BCUT2D eigenvalue weighted by atomic mass is 16.5. The maximum Gasteiger partial charge on any atom is 0.257 e. The third-order valence-corrected chi connectivity index (χ3v) is 4.40. The number of hydrogen-bond acceptors (Lipinski definition) is 4. The quantitative estimate of drug-likeness (QED) is 0.647. The maximum absolute atomic E-state index is 12.5. The third-order valence-electron chi connectivity index (χ3n) is 4.40. The number of aromatic nitrogens is 1. The van der Waals surface area contributed by atoms with Gasteiger partial charge in [0.25, 0.3) is 11.8 Å². The van der Waals surface area contributed by atoms with E-state index in [4.69, 9.17) is 4.74 Å². The van der Waals surface area contributed by atoms with Crippen LogP contribution in [0.1, 0.15) is 31.8 Å². The Hall–Kier alpha value is -3.67. The summed E-state index contributed by atoms with van der Waals surface area (Å²) in [5.41, 5.74) is 3.51. The van der Waals surface area contributed by atoms with Gasteiger partial charge in [0.05, 0.1) is 18.2 Å². The Labute approximate surface area is 169 Å². The highest BCUT2D eigenvalue weighted by Crippen LogP contribution is 2.13. The van der Waals surface area contributed by atoms with Gasteiger partial charge in [-0.3, -0.25) is 14.6 Å². The van der Waals surface area contributed by atoms with Gasteiger partial charge in [-0.1, -0.05) is 24.3 Å². The second-order valence-corrected chi connectivity index (χ2v) is 6.64. The second kappa shape index (κ2) is 9.50. The van der Waals surface area contributed by atoms with E-state index >= 15 is 0 Å². The van der Waals surface area contributed by atoms with Gasteiger partial charge in [0.2, 0.25) is 0 Å². The van der Waals surface area contributed by atoms with E-state index in [1.54, 1.807) is 13.2 Å². The molecule has 0 radical (unpaired) electrons. The van der Waals surface area contributed by atoms with Gasteiger partial charge in [-0.2, -0.15) is 0 Å². The first-order valence-electron chi connectivity index (χ1n) is 9.29. The summed E-state index contributed by atoms with van der Waals surface area (Å²) in [6, 6.07) is 16.8. The van der Waals surface area contributed by atoms with Crippen molar-refractivity contribution in [3.8, 4) is 5.75 Å². The number of nitrogens with one attached hydrogen (secondary N) is 2. The first-order valence-corrected chi connectivity index (χ1v) is 9.29. The zero-order valence-corrected chi connectivity index (χ0v) is 16.4. The van der Waals surface area contributed by atoms with Crippen LogP contribution in [0.2, 0.25) is 0 Å². The molecule has 29 heavy (non-hydrogen) atoms. The topological polar surface area (TPSA) is 80.3 Å². The Morgan fingerprint density at radius 2 is 1.69 bits per heavy atom. The molecular formula is C23H23N3O3. The number of benzene rings is 2. The number of hydrogen-bond donors (Lipinski definition) is 2. The van der Waals surface area contributed by atoms with Gasteiger partial charge < -0.3 is 15.4 Å². The van der Waals surface area contributed by atoms with Crippen molar-refractivity contribution in [2.45, 2.75) is 13.3 Å². The molecule has 6 heteroatoms. The number of rotatable bonds is 7. The lowest BCUT2D eigenvalue weighted by atomic mass is 10.1. The molecule has 0 spiro atoms. The number of aryl methyl sites for hydroxylation is 1. The molecular weight excluding hydrogens is 366 g/mol. The van der Waals surface area contributed by atoms with Crippen LogP contribution >= 0.6 is 0 Å². The lowest BCUT2D eigenvalue weighted by Gasteiger charge is -2.08. The van der Waals surface area contributed by atoms with Crippen LogP contribution in [0.15, 0.2) is 67.0 Å². The number of pyridine rings is 1. The number of ether oxygens (including phenoxy) is 1. The van der Waals surface area contributed by atoms with E-state index in [1.165, 1.54) is 12.4 Å². The number of carbonyl (C=O) groups excluding carboxylic acids is 2. The van der Waals surface area contributed by atoms with Crippen LogP contribution in [-0.4, -0.2) is 30.5 Å².